The van der Waals surface area contributed by atoms with Crippen LogP contribution in [0, 0.1) is 0 Å². The molecule has 9 heteroatoms. The number of hydrogen-bond acceptors (Lipinski definition) is 6. The highest BCUT2D eigenvalue weighted by Crippen LogP contribution is 2.22. The summed E-state index contributed by atoms with van der Waals surface area (Å²) in [6.45, 7) is 7.43. The van der Waals surface area contributed by atoms with Crippen LogP contribution in [0.3, 0.4) is 0 Å². The number of morpholine rings is 1. The van der Waals surface area contributed by atoms with E-state index >= 15 is 0 Å². The van der Waals surface area contributed by atoms with Gasteiger partial charge in [0.2, 0.25) is 10.0 Å². The maximum absolute atomic E-state index is 12.9. The molecule has 28 heavy (non-hydrogen) atoms. The van der Waals surface area contributed by atoms with Crippen LogP contribution in [-0.2, 0) is 24.3 Å². The van der Waals surface area contributed by atoms with E-state index in [9.17, 15) is 18.0 Å². The van der Waals surface area contributed by atoms with Crippen LogP contribution in [0.2, 0.25) is 0 Å². The van der Waals surface area contributed by atoms with E-state index in [1.165, 1.54) is 33.5 Å². The molecule has 2 rings (SSSR count). The van der Waals surface area contributed by atoms with Gasteiger partial charge in [-0.25, -0.2) is 13.2 Å². The van der Waals surface area contributed by atoms with E-state index in [0.717, 1.165) is 0 Å². The Hall–Kier alpha value is -1.97. The predicted molar refractivity (Wildman–Crippen MR) is 103 cm³/mol. The standard InChI is InChI=1S/C19H28N2O6S/c1-13(2)20(5)18(22)12-26-19(23)16-7-6-8-17(9-16)28(24,25)21-10-14(3)27-15(4)11-21/h6-9,13-15H,10-12H2,1-5H3. The highest BCUT2D eigenvalue weighted by molar-refractivity contribution is 7.89. The number of benzene rings is 1. The molecule has 2 atom stereocenters. The predicted octanol–water partition coefficient (Wildman–Crippen LogP) is 1.51. The maximum Gasteiger partial charge on any atom is 0.338 e. The number of ether oxygens (including phenoxy) is 2. The van der Waals surface area contributed by atoms with Gasteiger partial charge in [-0.1, -0.05) is 6.07 Å². The van der Waals surface area contributed by atoms with Gasteiger partial charge in [0.15, 0.2) is 6.61 Å². The lowest BCUT2D eigenvalue weighted by atomic mass is 10.2. The molecule has 0 N–H and O–H groups in total. The van der Waals surface area contributed by atoms with Crippen molar-refractivity contribution < 1.29 is 27.5 Å². The zero-order valence-electron chi connectivity index (χ0n) is 16.9. The zero-order valence-corrected chi connectivity index (χ0v) is 17.7. The van der Waals surface area contributed by atoms with E-state index in [2.05, 4.69) is 0 Å². The summed E-state index contributed by atoms with van der Waals surface area (Å²) in [4.78, 5) is 25.7. The fourth-order valence-electron chi connectivity index (χ4n) is 2.86. The van der Waals surface area contributed by atoms with Crippen LogP contribution < -0.4 is 0 Å². The first-order chi connectivity index (χ1) is 13.0. The fourth-order valence-corrected chi connectivity index (χ4v) is 4.50. The van der Waals surface area contributed by atoms with Crippen molar-refractivity contribution in [3.8, 4) is 0 Å². The van der Waals surface area contributed by atoms with Crippen molar-refractivity contribution in [3.63, 3.8) is 0 Å². The number of nitrogens with zero attached hydrogens (tertiary/aromatic N) is 2. The third-order valence-corrected chi connectivity index (χ3v) is 6.42. The molecule has 2 unspecified atom stereocenters. The van der Waals surface area contributed by atoms with Crippen molar-refractivity contribution in [2.45, 2.75) is 50.8 Å². The number of likely N-dealkylation sites (N-methyl/N-ethyl adjacent to an activating group) is 1. The fraction of sp³-hybridized carbons (Fsp3) is 0.579. The maximum atomic E-state index is 12.9. The number of esters is 1. The lowest BCUT2D eigenvalue weighted by molar-refractivity contribution is -0.134. The lowest BCUT2D eigenvalue weighted by Gasteiger charge is -2.34. The summed E-state index contributed by atoms with van der Waals surface area (Å²) < 4.78 is 37.9. The molecule has 1 heterocycles. The molecule has 8 nitrogen and oxygen atoms in total. The van der Waals surface area contributed by atoms with Gasteiger partial charge in [-0.05, 0) is 45.9 Å². The molecule has 0 bridgehead atoms. The molecule has 0 aromatic heterocycles. The monoisotopic (exact) mass is 412 g/mol. The second-order valence-electron chi connectivity index (χ2n) is 7.28. The summed E-state index contributed by atoms with van der Waals surface area (Å²) in [6, 6.07) is 5.65. The molecule has 1 fully saturated rings. The zero-order chi connectivity index (χ0) is 21.1. The molecule has 0 aliphatic carbocycles. The highest BCUT2D eigenvalue weighted by atomic mass is 32.2. The van der Waals surface area contributed by atoms with Crippen LogP contribution in [0.25, 0.3) is 0 Å². The first-order valence-electron chi connectivity index (χ1n) is 9.20. The average molecular weight is 413 g/mol. The molecule has 1 amide bonds. The van der Waals surface area contributed by atoms with Gasteiger partial charge in [0.05, 0.1) is 22.7 Å². The van der Waals surface area contributed by atoms with Crippen LogP contribution in [0.4, 0.5) is 0 Å². The van der Waals surface area contributed by atoms with Crippen molar-refractivity contribution >= 4 is 21.9 Å². The topological polar surface area (TPSA) is 93.2 Å². The number of sulfonamides is 1. The number of amides is 1. The van der Waals surface area contributed by atoms with Crippen LogP contribution in [0.5, 0.6) is 0 Å². The number of carbonyl (C=O) groups is 2. The van der Waals surface area contributed by atoms with Crippen LogP contribution in [0.15, 0.2) is 29.2 Å². The third-order valence-electron chi connectivity index (χ3n) is 4.59. The van der Waals surface area contributed by atoms with Crippen LogP contribution >= 0.6 is 0 Å². The van der Waals surface area contributed by atoms with Crippen molar-refractivity contribution in [3.05, 3.63) is 29.8 Å². The van der Waals surface area contributed by atoms with Gasteiger partial charge in [-0.15, -0.1) is 0 Å². The van der Waals surface area contributed by atoms with E-state index < -0.39 is 22.6 Å². The van der Waals surface area contributed by atoms with Crippen molar-refractivity contribution in [2.24, 2.45) is 0 Å². The van der Waals surface area contributed by atoms with E-state index in [1.807, 2.05) is 27.7 Å². The average Bonchev–Trinajstić information content (AvgIpc) is 2.64. The van der Waals surface area contributed by atoms with Gasteiger partial charge >= 0.3 is 5.97 Å². The lowest BCUT2D eigenvalue weighted by Crippen LogP contribution is -2.48. The Morgan fingerprint density at radius 1 is 1.25 bits per heavy atom. The van der Waals surface area contributed by atoms with Gasteiger partial charge in [-0.3, -0.25) is 4.79 Å². The summed E-state index contributed by atoms with van der Waals surface area (Å²) >= 11 is 0. The Morgan fingerprint density at radius 2 is 1.86 bits per heavy atom. The van der Waals surface area contributed by atoms with Crippen molar-refractivity contribution in [1.82, 2.24) is 9.21 Å². The van der Waals surface area contributed by atoms with E-state index in [1.54, 1.807) is 7.05 Å². The first kappa shape index (κ1) is 22.3. The van der Waals surface area contributed by atoms with Crippen LogP contribution in [0.1, 0.15) is 38.1 Å². The van der Waals surface area contributed by atoms with Crippen molar-refractivity contribution in [2.75, 3.05) is 26.7 Å². The summed E-state index contributed by atoms with van der Waals surface area (Å²) in [5.74, 6) is -1.07. The van der Waals surface area contributed by atoms with Gasteiger partial charge in [0.25, 0.3) is 5.91 Å². The Balaban J connectivity index is 2.12. The largest absolute Gasteiger partial charge is 0.452 e. The molecule has 1 saturated heterocycles. The van der Waals surface area contributed by atoms with Gasteiger partial charge in [0.1, 0.15) is 0 Å². The van der Waals surface area contributed by atoms with E-state index in [4.69, 9.17) is 9.47 Å². The summed E-state index contributed by atoms with van der Waals surface area (Å²) in [5.41, 5.74) is 0.0791. The first-order valence-corrected chi connectivity index (χ1v) is 10.6. The molecular formula is C19H28N2O6S. The van der Waals surface area contributed by atoms with Crippen molar-refractivity contribution in [1.29, 1.82) is 0 Å². The third kappa shape index (κ3) is 5.30. The van der Waals surface area contributed by atoms with Gasteiger partial charge in [0, 0.05) is 26.2 Å². The molecule has 0 saturated carbocycles. The Labute approximate surface area is 166 Å². The Kier molecular flexibility index (Phi) is 7.19. The Bertz CT molecular complexity index is 813. The van der Waals surface area contributed by atoms with Gasteiger partial charge < -0.3 is 14.4 Å². The van der Waals surface area contributed by atoms with Gasteiger partial charge in [-0.2, -0.15) is 4.31 Å². The molecular weight excluding hydrogens is 384 g/mol. The summed E-state index contributed by atoms with van der Waals surface area (Å²) in [5, 5.41) is 0. The minimum Gasteiger partial charge on any atom is -0.452 e. The second-order valence-corrected chi connectivity index (χ2v) is 9.22. The highest BCUT2D eigenvalue weighted by Gasteiger charge is 2.32. The minimum atomic E-state index is -3.77. The molecule has 1 aromatic carbocycles. The second kappa shape index (κ2) is 9.02. The van der Waals surface area contributed by atoms with E-state index in [-0.39, 0.29) is 47.7 Å². The normalized spacial score (nSPS) is 20.8. The Morgan fingerprint density at radius 3 is 2.43 bits per heavy atom. The molecule has 1 aliphatic rings. The number of hydrogen-bond donors (Lipinski definition) is 0. The summed E-state index contributed by atoms with van der Waals surface area (Å²) in [7, 11) is -2.15. The molecule has 156 valence electrons. The molecule has 0 radical (unpaired) electrons. The molecule has 1 aromatic rings. The SMILES string of the molecule is CC1CN(S(=O)(=O)c2cccc(C(=O)OCC(=O)N(C)C(C)C)c2)CC(C)O1. The number of carbonyl (C=O) groups excluding carboxylic acids is 2. The quantitative estimate of drug-likeness (QED) is 0.658. The molecule has 1 aliphatic heterocycles. The van der Waals surface area contributed by atoms with Crippen LogP contribution in [-0.4, -0.2) is 74.5 Å². The smallest absolute Gasteiger partial charge is 0.338 e. The van der Waals surface area contributed by atoms with E-state index in [0.29, 0.717) is 0 Å². The molecule has 0 spiro atoms. The summed E-state index contributed by atoms with van der Waals surface area (Å²) in [6.07, 6.45) is -0.425. The number of rotatable bonds is 6. The minimum absolute atomic E-state index is 0.00822.